The molecule has 8 heteroatoms. The maximum Gasteiger partial charge on any atom is 0.246 e. The maximum absolute atomic E-state index is 12.8. The molecule has 3 heterocycles. The molecular weight excluding hydrogens is 486 g/mol. The summed E-state index contributed by atoms with van der Waals surface area (Å²) in [5.41, 5.74) is 2.23. The van der Waals surface area contributed by atoms with Crippen molar-refractivity contribution in [2.75, 3.05) is 25.0 Å². The molecule has 168 valence electrons. The van der Waals surface area contributed by atoms with Crippen LogP contribution in [-0.4, -0.2) is 51.4 Å². The van der Waals surface area contributed by atoms with E-state index in [1.54, 1.807) is 23.7 Å². The first-order valence-electron chi connectivity index (χ1n) is 10.9. The van der Waals surface area contributed by atoms with E-state index >= 15 is 0 Å². The quantitative estimate of drug-likeness (QED) is 0.430. The normalized spacial score (nSPS) is 14.0. The van der Waals surface area contributed by atoms with E-state index in [2.05, 4.69) is 56.9 Å². The third-order valence-electron chi connectivity index (χ3n) is 5.77. The molecule has 0 saturated carbocycles. The molecule has 32 heavy (non-hydrogen) atoms. The number of fused-ring (bicyclic) bond motifs is 3. The molecule has 1 aromatic carbocycles. The number of rotatable bonds is 7. The van der Waals surface area contributed by atoms with Crippen molar-refractivity contribution in [3.63, 3.8) is 0 Å². The van der Waals surface area contributed by atoms with Crippen molar-refractivity contribution < 1.29 is 4.79 Å². The van der Waals surface area contributed by atoms with Crippen LogP contribution in [0.25, 0.3) is 10.2 Å². The third-order valence-corrected chi connectivity index (χ3v) is 7.39. The third kappa shape index (κ3) is 5.03. The van der Waals surface area contributed by atoms with Crippen molar-refractivity contribution in [2.45, 2.75) is 39.8 Å². The Morgan fingerprint density at radius 3 is 2.97 bits per heavy atom. The number of aromatic nitrogens is 2. The minimum atomic E-state index is 0.0754. The Hall–Kier alpha value is -2.29. The minimum Gasteiger partial charge on any atom is -0.340 e. The molecule has 0 spiro atoms. The number of halogens is 1. The van der Waals surface area contributed by atoms with E-state index in [0.717, 1.165) is 45.7 Å². The average Bonchev–Trinajstić information content (AvgIpc) is 3.15. The van der Waals surface area contributed by atoms with E-state index in [1.807, 2.05) is 35.2 Å². The van der Waals surface area contributed by atoms with Crippen LogP contribution in [0.3, 0.4) is 0 Å². The summed E-state index contributed by atoms with van der Waals surface area (Å²) in [6.07, 6.45) is 6.12. The van der Waals surface area contributed by atoms with Gasteiger partial charge in [-0.1, -0.05) is 35.0 Å². The van der Waals surface area contributed by atoms with Crippen LogP contribution >= 0.6 is 27.3 Å². The van der Waals surface area contributed by atoms with E-state index < -0.39 is 0 Å². The van der Waals surface area contributed by atoms with Crippen LogP contribution < -0.4 is 5.32 Å². The number of hydrogen-bond acceptors (Lipinski definition) is 6. The average molecular weight is 514 g/mol. The van der Waals surface area contributed by atoms with Gasteiger partial charge in [0.1, 0.15) is 17.0 Å². The number of benzene rings is 1. The molecule has 3 aromatic rings. The lowest BCUT2D eigenvalue weighted by molar-refractivity contribution is -0.126. The highest BCUT2D eigenvalue weighted by Gasteiger charge is 2.25. The number of anilines is 2. The van der Waals surface area contributed by atoms with E-state index in [9.17, 15) is 4.79 Å². The standard InChI is InChI=1S/C24H28BrN5OS/c1-4-29(16(2)3)11-6-9-21(31)30-12-10-19-20(14-30)32-24-22(19)23(26-15-27-24)28-18-8-5-7-17(25)13-18/h5-9,13,15-16H,4,10-12,14H2,1-3H3,(H,26,27,28). The van der Waals surface area contributed by atoms with Crippen LogP contribution in [0.5, 0.6) is 0 Å². The van der Waals surface area contributed by atoms with E-state index in [-0.39, 0.29) is 5.91 Å². The molecule has 1 N–H and O–H groups in total. The summed E-state index contributed by atoms with van der Waals surface area (Å²) < 4.78 is 1.01. The van der Waals surface area contributed by atoms with Crippen molar-refractivity contribution in [1.82, 2.24) is 19.8 Å². The van der Waals surface area contributed by atoms with Crippen molar-refractivity contribution in [1.29, 1.82) is 0 Å². The molecule has 4 rings (SSSR count). The molecule has 1 aliphatic rings. The summed E-state index contributed by atoms with van der Waals surface area (Å²) in [7, 11) is 0. The first-order valence-corrected chi connectivity index (χ1v) is 12.5. The van der Waals surface area contributed by atoms with Gasteiger partial charge in [-0.3, -0.25) is 9.69 Å². The van der Waals surface area contributed by atoms with Gasteiger partial charge in [-0.15, -0.1) is 11.3 Å². The van der Waals surface area contributed by atoms with E-state index in [4.69, 9.17) is 0 Å². The van der Waals surface area contributed by atoms with Crippen LogP contribution in [0.4, 0.5) is 11.5 Å². The molecule has 0 aliphatic carbocycles. The predicted octanol–water partition coefficient (Wildman–Crippen LogP) is 5.37. The number of amides is 1. The smallest absolute Gasteiger partial charge is 0.246 e. The predicted molar refractivity (Wildman–Crippen MR) is 135 cm³/mol. The minimum absolute atomic E-state index is 0.0754. The molecule has 0 radical (unpaired) electrons. The first kappa shape index (κ1) is 22.9. The van der Waals surface area contributed by atoms with Gasteiger partial charge in [-0.25, -0.2) is 9.97 Å². The second kappa shape index (κ2) is 10.1. The fourth-order valence-corrected chi connectivity index (χ4v) is 5.62. The van der Waals surface area contributed by atoms with Gasteiger partial charge in [0.05, 0.1) is 11.9 Å². The highest BCUT2D eigenvalue weighted by atomic mass is 79.9. The Morgan fingerprint density at radius 2 is 2.22 bits per heavy atom. The van der Waals surface area contributed by atoms with Gasteiger partial charge in [0.15, 0.2) is 0 Å². The van der Waals surface area contributed by atoms with Crippen molar-refractivity contribution in [3.05, 3.63) is 57.7 Å². The number of likely N-dealkylation sites (N-methyl/N-ethyl adjacent to an activating group) is 1. The van der Waals surface area contributed by atoms with Crippen LogP contribution in [0.1, 0.15) is 31.2 Å². The number of hydrogen-bond donors (Lipinski definition) is 1. The molecular formula is C24H28BrN5OS. The maximum atomic E-state index is 12.8. The summed E-state index contributed by atoms with van der Waals surface area (Å²) in [6.45, 7) is 9.59. The largest absolute Gasteiger partial charge is 0.340 e. The zero-order valence-electron chi connectivity index (χ0n) is 18.6. The molecule has 0 atom stereocenters. The molecule has 1 amide bonds. The molecule has 6 nitrogen and oxygen atoms in total. The Morgan fingerprint density at radius 1 is 1.38 bits per heavy atom. The highest BCUT2D eigenvalue weighted by molar-refractivity contribution is 9.10. The fraction of sp³-hybridized carbons (Fsp3) is 0.375. The lowest BCUT2D eigenvalue weighted by Crippen LogP contribution is -2.34. The van der Waals surface area contributed by atoms with Crippen LogP contribution in [-0.2, 0) is 17.8 Å². The molecule has 0 fully saturated rings. The number of nitrogens with zero attached hydrogens (tertiary/aromatic N) is 4. The van der Waals surface area contributed by atoms with Crippen molar-refractivity contribution in [2.24, 2.45) is 0 Å². The van der Waals surface area contributed by atoms with Gasteiger partial charge in [-0.05, 0) is 50.6 Å². The summed E-state index contributed by atoms with van der Waals surface area (Å²) >= 11 is 5.18. The second-order valence-electron chi connectivity index (χ2n) is 8.14. The fourth-order valence-electron chi connectivity index (χ4n) is 4.01. The van der Waals surface area contributed by atoms with Gasteiger partial charge in [0, 0.05) is 40.2 Å². The molecule has 0 unspecified atom stereocenters. The van der Waals surface area contributed by atoms with Crippen LogP contribution in [0, 0.1) is 0 Å². The van der Waals surface area contributed by atoms with Gasteiger partial charge >= 0.3 is 0 Å². The second-order valence-corrected chi connectivity index (χ2v) is 10.1. The zero-order valence-corrected chi connectivity index (χ0v) is 21.0. The number of carbonyl (C=O) groups is 1. The van der Waals surface area contributed by atoms with Gasteiger partial charge in [-0.2, -0.15) is 0 Å². The Bertz CT molecular complexity index is 1140. The molecule has 0 bridgehead atoms. The van der Waals surface area contributed by atoms with Crippen LogP contribution in [0.2, 0.25) is 0 Å². The summed E-state index contributed by atoms with van der Waals surface area (Å²) in [4.78, 5) is 28.2. The van der Waals surface area contributed by atoms with Gasteiger partial charge in [0.2, 0.25) is 5.91 Å². The number of thiophene rings is 1. The Labute approximate surface area is 201 Å². The molecule has 1 aliphatic heterocycles. The number of carbonyl (C=O) groups excluding carboxylic acids is 1. The summed E-state index contributed by atoms with van der Waals surface area (Å²) in [6, 6.07) is 8.50. The molecule has 0 saturated heterocycles. The van der Waals surface area contributed by atoms with E-state index in [1.165, 1.54) is 10.4 Å². The lowest BCUT2D eigenvalue weighted by atomic mass is 10.0. The highest BCUT2D eigenvalue weighted by Crippen LogP contribution is 2.38. The topological polar surface area (TPSA) is 61.4 Å². The monoisotopic (exact) mass is 513 g/mol. The molecule has 2 aromatic heterocycles. The van der Waals surface area contributed by atoms with Crippen molar-refractivity contribution >= 4 is 54.9 Å². The summed E-state index contributed by atoms with van der Waals surface area (Å²) in [5, 5.41) is 4.51. The van der Waals surface area contributed by atoms with Crippen molar-refractivity contribution in [3.8, 4) is 0 Å². The van der Waals surface area contributed by atoms with E-state index in [0.29, 0.717) is 19.1 Å². The summed E-state index contributed by atoms with van der Waals surface area (Å²) in [5.74, 6) is 0.894. The Balaban J connectivity index is 1.51. The SMILES string of the molecule is CCN(CC=CC(=O)N1CCc2c(sc3ncnc(Nc4cccc(Br)c4)c23)C1)C(C)C. The lowest BCUT2D eigenvalue weighted by Gasteiger charge is -2.26. The van der Waals surface area contributed by atoms with Crippen LogP contribution in [0.15, 0.2) is 47.2 Å². The van der Waals surface area contributed by atoms with Gasteiger partial charge < -0.3 is 10.2 Å². The Kier molecular flexibility index (Phi) is 7.23. The zero-order chi connectivity index (χ0) is 22.7. The number of nitrogens with one attached hydrogen (secondary N) is 1. The van der Waals surface area contributed by atoms with Gasteiger partial charge in [0.25, 0.3) is 0 Å². The first-order chi connectivity index (χ1) is 15.5.